The molecule has 0 saturated heterocycles. The van der Waals surface area contributed by atoms with Crippen LogP contribution in [-0.4, -0.2) is 40.4 Å². The van der Waals surface area contributed by atoms with Crippen LogP contribution in [0.15, 0.2) is 83.9 Å². The highest BCUT2D eigenvalue weighted by molar-refractivity contribution is 5.95. The molecule has 2 N–H and O–H groups in total. The minimum Gasteiger partial charge on any atom is -0.491 e. The molecule has 0 spiro atoms. The fraction of sp³-hybridized carbons (Fsp3) is 0.154. The lowest BCUT2D eigenvalue weighted by Crippen LogP contribution is -2.50. The number of rotatable bonds is 5. The Hall–Kier alpha value is -4.87. The first-order valence-electron chi connectivity index (χ1n) is 11.1. The van der Waals surface area contributed by atoms with Crippen molar-refractivity contribution >= 4 is 12.4 Å². The summed E-state index contributed by atoms with van der Waals surface area (Å²) in [4.78, 5) is 30.1. The van der Waals surface area contributed by atoms with E-state index in [0.717, 1.165) is 5.56 Å². The first-order valence-corrected chi connectivity index (χ1v) is 11.1. The van der Waals surface area contributed by atoms with Gasteiger partial charge < -0.3 is 24.3 Å². The molecule has 2 aromatic heterocycles. The van der Waals surface area contributed by atoms with Crippen LogP contribution < -0.4 is 14.8 Å². The summed E-state index contributed by atoms with van der Waals surface area (Å²) in [5, 5.41) is 9.95. The lowest BCUT2D eigenvalue weighted by molar-refractivity contribution is -0.274. The van der Waals surface area contributed by atoms with Crippen LogP contribution in [0.4, 0.5) is 13.2 Å². The smallest absolute Gasteiger partial charge is 0.491 e. The Bertz CT molecular complexity index is 1380. The lowest BCUT2D eigenvalue weighted by Gasteiger charge is -2.39. The van der Waals surface area contributed by atoms with Crippen LogP contribution >= 0.6 is 0 Å². The number of alkyl halides is 3. The van der Waals surface area contributed by atoms with E-state index in [-0.39, 0.29) is 24.7 Å². The number of halogens is 3. The second kappa shape index (κ2) is 11.0. The standard InChI is InChI=1S/C25H18F3N3O4.CH2O2/c26-25(27,28)35-19-9-7-18(8-10-19)24(11-13-33-20-2-1-12-30-22(20)24)31-23(32)17-5-3-16(4-6-17)21-14-29-15-34-21;2-1-3/h1-10,12,14-15H,11,13H2,(H,31,32);1H,(H,2,3). The topological polar surface area (TPSA) is 124 Å². The zero-order valence-corrected chi connectivity index (χ0v) is 19.5. The minimum atomic E-state index is -4.81. The lowest BCUT2D eigenvalue weighted by atomic mass is 9.81. The average Bonchev–Trinajstić information content (AvgIpc) is 3.44. The number of amides is 1. The van der Waals surface area contributed by atoms with Gasteiger partial charge in [0.05, 0.1) is 12.8 Å². The predicted molar refractivity (Wildman–Crippen MR) is 126 cm³/mol. The summed E-state index contributed by atoms with van der Waals surface area (Å²) < 4.78 is 52.9. The number of oxazole rings is 1. The number of nitrogens with one attached hydrogen (secondary N) is 1. The number of carbonyl (C=O) groups is 2. The molecule has 0 saturated carbocycles. The molecule has 9 nitrogen and oxygen atoms in total. The highest BCUT2D eigenvalue weighted by Gasteiger charge is 2.42. The van der Waals surface area contributed by atoms with E-state index in [1.165, 1.54) is 30.7 Å². The van der Waals surface area contributed by atoms with E-state index in [0.29, 0.717) is 34.8 Å². The van der Waals surface area contributed by atoms with Crippen molar-refractivity contribution in [2.24, 2.45) is 0 Å². The molecule has 1 aliphatic rings. The Balaban J connectivity index is 0.00000107. The normalized spacial score (nSPS) is 16.2. The zero-order valence-electron chi connectivity index (χ0n) is 19.5. The van der Waals surface area contributed by atoms with Crippen molar-refractivity contribution in [2.75, 3.05) is 6.61 Å². The van der Waals surface area contributed by atoms with E-state index in [2.05, 4.69) is 20.0 Å². The summed E-state index contributed by atoms with van der Waals surface area (Å²) >= 11 is 0. The molecule has 5 rings (SSSR count). The van der Waals surface area contributed by atoms with Crippen LogP contribution in [0.3, 0.4) is 0 Å². The van der Waals surface area contributed by atoms with E-state index >= 15 is 0 Å². The van der Waals surface area contributed by atoms with Gasteiger partial charge in [0.1, 0.15) is 22.7 Å². The third kappa shape index (κ3) is 5.75. The maximum Gasteiger partial charge on any atom is 0.573 e. The molecule has 1 aliphatic heterocycles. The van der Waals surface area contributed by atoms with Gasteiger partial charge in [-0.3, -0.25) is 14.6 Å². The summed E-state index contributed by atoms with van der Waals surface area (Å²) in [5.41, 5.74) is 1.01. The molecule has 4 aromatic rings. The molecule has 2 aromatic carbocycles. The first kappa shape index (κ1) is 26.2. The third-order valence-electron chi connectivity index (χ3n) is 5.68. The Kier molecular flexibility index (Phi) is 7.61. The Labute approximate surface area is 213 Å². The maximum atomic E-state index is 13.4. The van der Waals surface area contributed by atoms with Crippen LogP contribution in [0.5, 0.6) is 11.5 Å². The van der Waals surface area contributed by atoms with E-state index < -0.39 is 11.9 Å². The van der Waals surface area contributed by atoms with E-state index in [9.17, 15) is 18.0 Å². The number of carboxylic acid groups (broad SMARTS) is 1. The molecular formula is C26H20F3N3O6. The van der Waals surface area contributed by atoms with Gasteiger partial charge in [-0.25, -0.2) is 4.98 Å². The third-order valence-corrected chi connectivity index (χ3v) is 5.68. The summed E-state index contributed by atoms with van der Waals surface area (Å²) in [6.07, 6.45) is -0.0283. The number of benzene rings is 2. The number of carbonyl (C=O) groups excluding carboxylic acids is 1. The van der Waals surface area contributed by atoms with Crippen molar-refractivity contribution in [3.63, 3.8) is 0 Å². The highest BCUT2D eigenvalue weighted by Crippen LogP contribution is 2.41. The number of pyridine rings is 1. The Morgan fingerprint density at radius 1 is 1.11 bits per heavy atom. The zero-order chi connectivity index (χ0) is 27.2. The van der Waals surface area contributed by atoms with Gasteiger partial charge in [0.2, 0.25) is 0 Å². The summed E-state index contributed by atoms with van der Waals surface area (Å²) in [7, 11) is 0. The number of aromatic nitrogens is 2. The van der Waals surface area contributed by atoms with Crippen molar-refractivity contribution in [2.45, 2.75) is 18.3 Å². The molecule has 3 heterocycles. The molecule has 12 heteroatoms. The van der Waals surface area contributed by atoms with Crippen molar-refractivity contribution in [1.82, 2.24) is 15.3 Å². The van der Waals surface area contributed by atoms with Crippen LogP contribution in [0.25, 0.3) is 11.3 Å². The van der Waals surface area contributed by atoms with Gasteiger partial charge >= 0.3 is 6.36 Å². The molecule has 1 unspecified atom stereocenters. The van der Waals surface area contributed by atoms with Gasteiger partial charge in [0.15, 0.2) is 12.2 Å². The maximum absolute atomic E-state index is 13.4. The van der Waals surface area contributed by atoms with Crippen LogP contribution in [-0.2, 0) is 10.3 Å². The average molecular weight is 527 g/mol. The number of nitrogens with zero attached hydrogens (tertiary/aromatic N) is 2. The predicted octanol–water partition coefficient (Wildman–Crippen LogP) is 4.79. The molecule has 38 heavy (non-hydrogen) atoms. The molecule has 0 radical (unpaired) electrons. The number of fused-ring (bicyclic) bond motifs is 1. The van der Waals surface area contributed by atoms with Gasteiger partial charge in [-0.2, -0.15) is 0 Å². The number of hydrogen-bond acceptors (Lipinski definition) is 7. The fourth-order valence-electron chi connectivity index (χ4n) is 4.09. The summed E-state index contributed by atoms with van der Waals surface area (Å²) in [6, 6.07) is 15.6. The minimum absolute atomic E-state index is 0.250. The SMILES string of the molecule is O=C(NC1(c2ccc(OC(F)(F)F)cc2)CCOc2cccnc21)c1ccc(-c2cnco2)cc1.O=CO. The van der Waals surface area contributed by atoms with Gasteiger partial charge in [-0.1, -0.05) is 24.3 Å². The quantitative estimate of drug-likeness (QED) is 0.355. The van der Waals surface area contributed by atoms with Gasteiger partial charge in [-0.05, 0) is 42.0 Å². The Morgan fingerprint density at radius 3 is 2.45 bits per heavy atom. The molecule has 1 atom stereocenters. The van der Waals surface area contributed by atoms with Gasteiger partial charge in [0.25, 0.3) is 12.4 Å². The van der Waals surface area contributed by atoms with Crippen molar-refractivity contribution in [3.8, 4) is 22.8 Å². The Morgan fingerprint density at radius 2 is 1.82 bits per heavy atom. The molecule has 0 fully saturated rings. The van der Waals surface area contributed by atoms with Crippen molar-refractivity contribution < 1.29 is 41.8 Å². The van der Waals surface area contributed by atoms with E-state index in [4.69, 9.17) is 19.1 Å². The summed E-state index contributed by atoms with van der Waals surface area (Å²) in [5.74, 6) is 0.301. The van der Waals surface area contributed by atoms with Crippen LogP contribution in [0, 0.1) is 0 Å². The van der Waals surface area contributed by atoms with Crippen molar-refractivity contribution in [1.29, 1.82) is 0 Å². The van der Waals surface area contributed by atoms with Gasteiger partial charge in [-0.15, -0.1) is 13.2 Å². The summed E-state index contributed by atoms with van der Waals surface area (Å²) in [6.45, 7) is 0.0181. The highest BCUT2D eigenvalue weighted by atomic mass is 19.4. The van der Waals surface area contributed by atoms with Crippen LogP contribution in [0.1, 0.15) is 28.0 Å². The monoisotopic (exact) mass is 527 g/mol. The van der Waals surface area contributed by atoms with E-state index in [1.807, 2.05) is 0 Å². The van der Waals surface area contributed by atoms with Crippen molar-refractivity contribution in [3.05, 3.63) is 96.3 Å². The second-order valence-electron chi connectivity index (χ2n) is 7.93. The largest absolute Gasteiger partial charge is 0.573 e. The second-order valence-corrected chi connectivity index (χ2v) is 7.93. The van der Waals surface area contributed by atoms with Crippen LogP contribution in [0.2, 0.25) is 0 Å². The molecule has 1 amide bonds. The number of hydrogen-bond donors (Lipinski definition) is 2. The molecule has 0 bridgehead atoms. The molecule has 196 valence electrons. The van der Waals surface area contributed by atoms with E-state index in [1.54, 1.807) is 48.8 Å². The number of ether oxygens (including phenoxy) is 2. The van der Waals surface area contributed by atoms with Gasteiger partial charge in [0, 0.05) is 23.7 Å². The first-order chi connectivity index (χ1) is 18.3. The molecule has 0 aliphatic carbocycles. The fourth-order valence-corrected chi connectivity index (χ4v) is 4.09. The molecular weight excluding hydrogens is 507 g/mol.